The number of para-hydroxylation sites is 2. The van der Waals surface area contributed by atoms with Crippen LogP contribution in [-0.2, 0) is 17.9 Å². The van der Waals surface area contributed by atoms with E-state index in [1.165, 1.54) is 0 Å². The molecule has 1 aromatic heterocycles. The molecule has 3 aromatic carbocycles. The van der Waals surface area contributed by atoms with Crippen LogP contribution in [-0.4, -0.2) is 16.8 Å². The summed E-state index contributed by atoms with van der Waals surface area (Å²) in [6, 6.07) is 26.4. The molecule has 2 amide bonds. The van der Waals surface area contributed by atoms with E-state index in [1.807, 2.05) is 61.5 Å². The summed E-state index contributed by atoms with van der Waals surface area (Å²) in [6.07, 6.45) is 5.12. The summed E-state index contributed by atoms with van der Waals surface area (Å²) >= 11 is 0. The molecule has 0 saturated carbocycles. The number of hydrogen-bond acceptors (Lipinski definition) is 4. The molecule has 0 bridgehead atoms. The second-order valence-corrected chi connectivity index (χ2v) is 8.62. The molecular weight excluding hydrogens is 450 g/mol. The molecule has 5 rings (SSSR count). The van der Waals surface area contributed by atoms with E-state index in [9.17, 15) is 9.59 Å². The predicted octanol–water partition coefficient (Wildman–Crippen LogP) is 5.29. The van der Waals surface area contributed by atoms with Crippen LogP contribution in [0.4, 0.5) is 5.69 Å². The maximum atomic E-state index is 13.4. The molecule has 0 aliphatic carbocycles. The summed E-state index contributed by atoms with van der Waals surface area (Å²) in [6.45, 7) is 2.87. The molecule has 1 aliphatic heterocycles. The number of fused-ring (bicyclic) bond motifs is 1. The van der Waals surface area contributed by atoms with Crippen LogP contribution in [0.25, 0.3) is 6.08 Å². The van der Waals surface area contributed by atoms with Crippen LogP contribution in [0.1, 0.15) is 32.6 Å². The Balaban J connectivity index is 1.34. The van der Waals surface area contributed by atoms with Gasteiger partial charge in [0.1, 0.15) is 0 Å². The van der Waals surface area contributed by atoms with E-state index in [2.05, 4.69) is 16.4 Å². The first-order valence-electron chi connectivity index (χ1n) is 11.7. The molecule has 0 spiro atoms. The Bertz CT molecular complexity index is 1430. The highest BCUT2D eigenvalue weighted by atomic mass is 16.5. The summed E-state index contributed by atoms with van der Waals surface area (Å²) in [4.78, 5) is 31.7. The third kappa shape index (κ3) is 5.18. The fraction of sp³-hybridized carbons (Fsp3) is 0.100. The molecule has 0 fully saturated rings. The Morgan fingerprint density at radius 2 is 1.78 bits per heavy atom. The fourth-order valence-electron chi connectivity index (χ4n) is 4.08. The number of nitrogens with zero attached hydrogens (tertiary/aromatic N) is 2. The van der Waals surface area contributed by atoms with Crippen molar-refractivity contribution in [2.75, 3.05) is 4.90 Å². The summed E-state index contributed by atoms with van der Waals surface area (Å²) in [7, 11) is 0. The van der Waals surface area contributed by atoms with Crippen molar-refractivity contribution in [2.24, 2.45) is 0 Å². The van der Waals surface area contributed by atoms with Crippen LogP contribution in [0.5, 0.6) is 5.75 Å². The van der Waals surface area contributed by atoms with Gasteiger partial charge in [0.2, 0.25) is 0 Å². The largest absolute Gasteiger partial charge is 0.449 e. The maximum absolute atomic E-state index is 13.4. The highest BCUT2D eigenvalue weighted by Gasteiger charge is 2.30. The van der Waals surface area contributed by atoms with E-state index in [0.717, 1.165) is 27.9 Å². The van der Waals surface area contributed by atoms with Gasteiger partial charge in [0.15, 0.2) is 11.5 Å². The Morgan fingerprint density at radius 3 is 2.56 bits per heavy atom. The van der Waals surface area contributed by atoms with Gasteiger partial charge in [0.25, 0.3) is 11.8 Å². The lowest BCUT2D eigenvalue weighted by Gasteiger charge is -2.30. The monoisotopic (exact) mass is 475 g/mol. The van der Waals surface area contributed by atoms with Crippen molar-refractivity contribution in [3.05, 3.63) is 131 Å². The van der Waals surface area contributed by atoms with Crippen LogP contribution >= 0.6 is 0 Å². The summed E-state index contributed by atoms with van der Waals surface area (Å²) in [5.41, 5.74) is 5.14. The minimum Gasteiger partial charge on any atom is -0.449 e. The van der Waals surface area contributed by atoms with Gasteiger partial charge < -0.3 is 10.1 Å². The van der Waals surface area contributed by atoms with Crippen LogP contribution in [0.2, 0.25) is 0 Å². The average molecular weight is 476 g/mol. The third-order valence-electron chi connectivity index (χ3n) is 5.90. The normalized spacial score (nSPS) is 13.8. The minimum absolute atomic E-state index is 0.179. The predicted molar refractivity (Wildman–Crippen MR) is 139 cm³/mol. The highest BCUT2D eigenvalue weighted by Crippen LogP contribution is 2.36. The summed E-state index contributed by atoms with van der Waals surface area (Å²) in [5.74, 6) is 0.465. The number of rotatable bonds is 6. The van der Waals surface area contributed by atoms with E-state index >= 15 is 0 Å². The van der Waals surface area contributed by atoms with Crippen molar-refractivity contribution in [1.82, 2.24) is 10.3 Å². The molecule has 0 saturated heterocycles. The van der Waals surface area contributed by atoms with Crippen molar-refractivity contribution in [3.63, 3.8) is 0 Å². The van der Waals surface area contributed by atoms with Crippen LogP contribution in [0.3, 0.4) is 0 Å². The topological polar surface area (TPSA) is 71.5 Å². The van der Waals surface area contributed by atoms with Gasteiger partial charge in [-0.05, 0) is 60.0 Å². The lowest BCUT2D eigenvalue weighted by Crippen LogP contribution is -2.36. The zero-order chi connectivity index (χ0) is 24.9. The molecule has 178 valence electrons. The van der Waals surface area contributed by atoms with E-state index in [4.69, 9.17) is 4.74 Å². The Morgan fingerprint density at radius 1 is 0.972 bits per heavy atom. The maximum Gasteiger partial charge on any atom is 0.294 e. The second-order valence-electron chi connectivity index (χ2n) is 8.62. The molecule has 1 aliphatic rings. The van der Waals surface area contributed by atoms with E-state index in [0.29, 0.717) is 24.4 Å². The number of aryl methyl sites for hydroxylation is 1. The molecule has 36 heavy (non-hydrogen) atoms. The molecule has 0 unspecified atom stereocenters. The molecular formula is C30H25N3O3. The lowest BCUT2D eigenvalue weighted by atomic mass is 10.1. The van der Waals surface area contributed by atoms with E-state index in [1.54, 1.807) is 47.6 Å². The number of pyridine rings is 1. The van der Waals surface area contributed by atoms with Crippen LogP contribution < -0.4 is 15.0 Å². The Labute approximate surface area is 209 Å². The number of amides is 2. The molecule has 0 atom stereocenters. The first kappa shape index (κ1) is 23.1. The zero-order valence-corrected chi connectivity index (χ0v) is 19.8. The minimum atomic E-state index is -0.214. The van der Waals surface area contributed by atoms with Crippen molar-refractivity contribution >= 4 is 23.6 Å². The van der Waals surface area contributed by atoms with E-state index in [-0.39, 0.29) is 17.6 Å². The lowest BCUT2D eigenvalue weighted by molar-refractivity contribution is -0.117. The smallest absolute Gasteiger partial charge is 0.294 e. The number of aromatic nitrogens is 1. The van der Waals surface area contributed by atoms with Crippen LogP contribution in [0.15, 0.2) is 103 Å². The number of benzene rings is 3. The molecule has 6 heteroatoms. The molecule has 4 aromatic rings. The van der Waals surface area contributed by atoms with Gasteiger partial charge in [0, 0.05) is 24.5 Å². The number of ether oxygens (including phenoxy) is 1. The molecule has 6 nitrogen and oxygen atoms in total. The van der Waals surface area contributed by atoms with Gasteiger partial charge in [-0.2, -0.15) is 0 Å². The van der Waals surface area contributed by atoms with Gasteiger partial charge in [0.05, 0.1) is 12.2 Å². The summed E-state index contributed by atoms with van der Waals surface area (Å²) in [5, 5.41) is 2.89. The van der Waals surface area contributed by atoms with Crippen molar-refractivity contribution < 1.29 is 14.3 Å². The van der Waals surface area contributed by atoms with Crippen LogP contribution in [0, 0.1) is 6.92 Å². The summed E-state index contributed by atoms with van der Waals surface area (Å²) < 4.78 is 5.99. The number of carbonyl (C=O) groups excluding carboxylic acids is 2. The third-order valence-corrected chi connectivity index (χ3v) is 5.90. The van der Waals surface area contributed by atoms with E-state index < -0.39 is 0 Å². The fourth-order valence-corrected chi connectivity index (χ4v) is 4.08. The van der Waals surface area contributed by atoms with Gasteiger partial charge in [-0.1, -0.05) is 60.2 Å². The van der Waals surface area contributed by atoms with Gasteiger partial charge in [-0.25, -0.2) is 0 Å². The van der Waals surface area contributed by atoms with Crippen molar-refractivity contribution in [3.8, 4) is 5.75 Å². The van der Waals surface area contributed by atoms with Gasteiger partial charge in [-0.3, -0.25) is 19.5 Å². The zero-order valence-electron chi connectivity index (χ0n) is 19.8. The molecule has 0 radical (unpaired) electrons. The average Bonchev–Trinajstić information content (AvgIpc) is 2.91. The quantitative estimate of drug-likeness (QED) is 0.385. The van der Waals surface area contributed by atoms with Gasteiger partial charge >= 0.3 is 0 Å². The Kier molecular flexibility index (Phi) is 6.58. The number of nitrogens with one attached hydrogen (secondary N) is 1. The SMILES string of the molecule is Cc1cccc(CN2C(=O)/C(=C\c3ccc(C(=O)NCc4cccnc4)cc3)Oc3ccccc32)c1. The first-order valence-corrected chi connectivity index (χ1v) is 11.7. The number of hydrogen-bond donors (Lipinski definition) is 1. The number of carbonyl (C=O) groups is 2. The molecule has 2 heterocycles. The van der Waals surface area contributed by atoms with Crippen molar-refractivity contribution in [2.45, 2.75) is 20.0 Å². The molecule has 1 N–H and O–H groups in total. The first-order chi connectivity index (χ1) is 17.6. The van der Waals surface area contributed by atoms with Crippen molar-refractivity contribution in [1.29, 1.82) is 0 Å². The standard InChI is InChI=1S/C30H25N3O3/c1-21-6-4-7-23(16-21)20-33-26-9-2-3-10-27(26)36-28(30(33)35)17-22-11-13-25(14-12-22)29(34)32-19-24-8-5-15-31-18-24/h2-18H,19-20H2,1H3,(H,32,34)/b28-17+. The number of anilines is 1. The van der Waals surface area contributed by atoms with Gasteiger partial charge in [-0.15, -0.1) is 0 Å². The Hall–Kier alpha value is -4.71. The highest BCUT2D eigenvalue weighted by molar-refractivity contribution is 6.09. The second kappa shape index (κ2) is 10.3.